The molecule has 1 aliphatic rings. The van der Waals surface area contributed by atoms with Gasteiger partial charge in [0.05, 0.1) is 0 Å². The van der Waals surface area contributed by atoms with Gasteiger partial charge in [-0.05, 0) is 81.9 Å². The average Bonchev–Trinajstić information content (AvgIpc) is 3.33. The van der Waals surface area contributed by atoms with E-state index >= 15 is 0 Å². The van der Waals surface area contributed by atoms with Crippen LogP contribution in [0.25, 0.3) is 22.3 Å². The molecule has 0 N–H and O–H groups in total. The third kappa shape index (κ3) is 6.76. The van der Waals surface area contributed by atoms with E-state index in [9.17, 15) is 45.6 Å². The monoisotopic (exact) mass is 636 g/mol. The van der Waals surface area contributed by atoms with Crippen LogP contribution in [0.3, 0.4) is 0 Å². The lowest BCUT2D eigenvalue weighted by Gasteiger charge is -2.16. The number of halogens is 8. The highest BCUT2D eigenvalue weighted by Crippen LogP contribution is 2.55. The second-order valence-electron chi connectivity index (χ2n) is 9.63. The molecule has 0 aliphatic heterocycles. The van der Waals surface area contributed by atoms with E-state index in [1.165, 1.54) is 48.5 Å². The molecule has 4 aromatic carbocycles. The predicted molar refractivity (Wildman–Crippen MR) is 151 cm³/mol. The first-order chi connectivity index (χ1) is 21.8. The summed E-state index contributed by atoms with van der Waals surface area (Å²) in [6.45, 7) is 0. The maximum Gasteiger partial charge on any atom is 0.573 e. The van der Waals surface area contributed by atoms with Gasteiger partial charge in [0.2, 0.25) is 0 Å². The highest BCUT2D eigenvalue weighted by Gasteiger charge is 2.36. The maximum absolute atomic E-state index is 14.1. The fourth-order valence-corrected chi connectivity index (χ4v) is 5.05. The van der Waals surface area contributed by atoms with Gasteiger partial charge in [0.25, 0.3) is 0 Å². The minimum atomic E-state index is -4.99. The van der Waals surface area contributed by atoms with Gasteiger partial charge in [0.1, 0.15) is 40.8 Å². The van der Waals surface area contributed by atoms with Crippen molar-refractivity contribution in [3.8, 4) is 23.6 Å². The fraction of sp³-hybridized carbons (Fsp3) is 0.0588. The minimum absolute atomic E-state index is 0.0273. The van der Waals surface area contributed by atoms with Crippen LogP contribution in [0.5, 0.6) is 11.5 Å². The molecule has 230 valence electrons. The Labute approximate surface area is 256 Å². The Hall–Kier alpha value is -5.88. The second kappa shape index (κ2) is 12.3. The Morgan fingerprint density at radius 3 is 1.02 bits per heavy atom. The molecule has 4 nitrogen and oxygen atoms in total. The molecular formula is C34H16F8N2O2. The molecule has 5 rings (SSSR count). The summed E-state index contributed by atoms with van der Waals surface area (Å²) in [7, 11) is 0. The fourth-order valence-electron chi connectivity index (χ4n) is 5.05. The summed E-state index contributed by atoms with van der Waals surface area (Å²) in [6.07, 6.45) is -9.97. The Balaban J connectivity index is 1.90. The summed E-state index contributed by atoms with van der Waals surface area (Å²) in [4.78, 5) is 0. The van der Waals surface area contributed by atoms with Gasteiger partial charge in [-0.1, -0.05) is 48.5 Å². The third-order valence-corrected chi connectivity index (χ3v) is 6.74. The number of hydrogen-bond acceptors (Lipinski definition) is 4. The molecule has 0 radical (unpaired) electrons. The first kappa shape index (κ1) is 31.5. The van der Waals surface area contributed by atoms with E-state index in [1.807, 2.05) is 12.1 Å². The topological polar surface area (TPSA) is 66.0 Å². The molecule has 0 aromatic heterocycles. The number of hydrogen-bond donors (Lipinski definition) is 0. The molecule has 46 heavy (non-hydrogen) atoms. The largest absolute Gasteiger partial charge is 0.573 e. The van der Waals surface area contributed by atoms with Crippen LogP contribution in [0.1, 0.15) is 22.3 Å². The number of rotatable bonds is 6. The molecule has 0 amide bonds. The third-order valence-electron chi connectivity index (χ3n) is 6.74. The van der Waals surface area contributed by atoms with Crippen LogP contribution in [-0.4, -0.2) is 12.7 Å². The van der Waals surface area contributed by atoms with Crippen molar-refractivity contribution >= 4 is 22.3 Å². The van der Waals surface area contributed by atoms with E-state index in [0.717, 1.165) is 48.5 Å². The van der Waals surface area contributed by atoms with Gasteiger partial charge in [-0.3, -0.25) is 0 Å². The summed E-state index contributed by atoms with van der Waals surface area (Å²) in [5.41, 5.74) is 1.50. The van der Waals surface area contributed by atoms with Crippen molar-refractivity contribution in [2.45, 2.75) is 12.7 Å². The van der Waals surface area contributed by atoms with Gasteiger partial charge in [0.15, 0.2) is 0 Å². The van der Waals surface area contributed by atoms with Gasteiger partial charge < -0.3 is 9.47 Å². The number of ether oxygens (including phenoxy) is 2. The van der Waals surface area contributed by atoms with Crippen molar-refractivity contribution in [3.63, 3.8) is 0 Å². The van der Waals surface area contributed by atoms with Crippen LogP contribution in [0.4, 0.5) is 35.1 Å². The van der Waals surface area contributed by atoms with E-state index in [0.29, 0.717) is 0 Å². The summed E-state index contributed by atoms with van der Waals surface area (Å²) >= 11 is 0. The lowest BCUT2D eigenvalue weighted by atomic mass is 9.88. The highest BCUT2D eigenvalue weighted by molar-refractivity contribution is 6.35. The second-order valence-corrected chi connectivity index (χ2v) is 9.63. The zero-order chi connectivity index (χ0) is 33.2. The van der Waals surface area contributed by atoms with Crippen LogP contribution < -0.4 is 9.47 Å². The number of nitriles is 2. The van der Waals surface area contributed by atoms with Crippen LogP contribution >= 0.6 is 0 Å². The van der Waals surface area contributed by atoms with Crippen molar-refractivity contribution in [1.82, 2.24) is 0 Å². The van der Waals surface area contributed by atoms with E-state index in [1.54, 1.807) is 0 Å². The zero-order valence-electron chi connectivity index (χ0n) is 23.0. The number of nitrogens with zero attached hydrogens (tertiary/aromatic N) is 2. The van der Waals surface area contributed by atoms with E-state index in [-0.39, 0.29) is 50.1 Å². The average molecular weight is 636 g/mol. The van der Waals surface area contributed by atoms with Crippen molar-refractivity contribution in [3.05, 3.63) is 142 Å². The van der Waals surface area contributed by atoms with E-state index in [4.69, 9.17) is 0 Å². The van der Waals surface area contributed by atoms with Crippen molar-refractivity contribution in [2.24, 2.45) is 0 Å². The number of benzene rings is 4. The van der Waals surface area contributed by atoms with E-state index < -0.39 is 41.4 Å². The molecule has 0 atom stereocenters. The summed E-state index contributed by atoms with van der Waals surface area (Å²) in [5.74, 6) is -2.34. The molecule has 0 spiro atoms. The highest BCUT2D eigenvalue weighted by atomic mass is 19.4. The Kier molecular flexibility index (Phi) is 8.40. The molecule has 1 aliphatic carbocycles. The molecule has 0 bridgehead atoms. The molecule has 0 heterocycles. The number of allylic oxidation sites excluding steroid dienone is 6. The Morgan fingerprint density at radius 2 is 0.739 bits per heavy atom. The van der Waals surface area contributed by atoms with Crippen molar-refractivity contribution in [2.75, 3.05) is 0 Å². The van der Waals surface area contributed by atoms with Crippen LogP contribution in [-0.2, 0) is 0 Å². The number of alkyl halides is 6. The van der Waals surface area contributed by atoms with Gasteiger partial charge in [-0.2, -0.15) is 10.5 Å². The standard InChI is InChI=1S/C34H16F8N2O2/c35-24-9-1-19(2-10-24)30-28(21-5-13-26(14-6-21)45-33(37,38)39)29(22-7-15-27(16-8-22)46-34(40,41)42)31(32(30)23(17-43)18-44)20-3-11-25(36)12-4-20/h1-16H. The molecular weight excluding hydrogens is 620 g/mol. The maximum atomic E-state index is 14.1. The molecule has 0 saturated carbocycles. The molecule has 0 fully saturated rings. The van der Waals surface area contributed by atoms with Crippen molar-refractivity contribution < 1.29 is 44.6 Å². The quantitative estimate of drug-likeness (QED) is 0.156. The SMILES string of the molecule is N#CC(C#N)=C1C(c2ccc(F)cc2)=C(c2ccc(OC(F)(F)F)cc2)C(c2ccc(OC(F)(F)F)cc2)=C1c1ccc(F)cc1. The zero-order valence-corrected chi connectivity index (χ0v) is 23.0. The summed E-state index contributed by atoms with van der Waals surface area (Å²) in [5, 5.41) is 20.1. The first-order valence-corrected chi connectivity index (χ1v) is 13.1. The Morgan fingerprint density at radius 1 is 0.457 bits per heavy atom. The lowest BCUT2D eigenvalue weighted by Crippen LogP contribution is -2.17. The smallest absolute Gasteiger partial charge is 0.406 e. The molecule has 4 aromatic rings. The van der Waals surface area contributed by atoms with Gasteiger partial charge in [0, 0.05) is 16.7 Å². The lowest BCUT2D eigenvalue weighted by molar-refractivity contribution is -0.275. The van der Waals surface area contributed by atoms with Crippen molar-refractivity contribution in [1.29, 1.82) is 10.5 Å². The molecule has 0 saturated heterocycles. The van der Waals surface area contributed by atoms with Gasteiger partial charge >= 0.3 is 12.7 Å². The van der Waals surface area contributed by atoms with E-state index in [2.05, 4.69) is 9.47 Å². The predicted octanol–water partition coefficient (Wildman–Crippen LogP) is 9.64. The summed E-state index contributed by atoms with van der Waals surface area (Å²) in [6, 6.07) is 22.9. The molecule has 12 heteroatoms. The Bertz CT molecular complexity index is 1810. The first-order valence-electron chi connectivity index (χ1n) is 13.1. The van der Waals surface area contributed by atoms with Gasteiger partial charge in [-0.25, -0.2) is 8.78 Å². The molecule has 0 unspecified atom stereocenters. The van der Waals surface area contributed by atoms with Gasteiger partial charge in [-0.15, -0.1) is 26.3 Å². The van der Waals surface area contributed by atoms with Crippen LogP contribution in [0.2, 0.25) is 0 Å². The summed E-state index contributed by atoms with van der Waals surface area (Å²) < 4.78 is 114. The minimum Gasteiger partial charge on any atom is -0.406 e. The van der Waals surface area contributed by atoms with Crippen LogP contribution in [0.15, 0.2) is 108 Å². The normalized spacial score (nSPS) is 13.4. The van der Waals surface area contributed by atoms with Crippen LogP contribution in [0, 0.1) is 34.3 Å².